The summed E-state index contributed by atoms with van der Waals surface area (Å²) < 4.78 is 0.692. The van der Waals surface area contributed by atoms with Crippen molar-refractivity contribution in [1.29, 1.82) is 0 Å². The fraction of sp³-hybridized carbons (Fsp3) is 0.455. The van der Waals surface area contributed by atoms with E-state index in [9.17, 15) is 9.59 Å². The largest absolute Gasteiger partial charge is 0.480 e. The van der Waals surface area contributed by atoms with Crippen molar-refractivity contribution in [2.75, 3.05) is 0 Å². The molecular weight excluding hydrogens is 262 g/mol. The van der Waals surface area contributed by atoms with Gasteiger partial charge in [-0.1, -0.05) is 18.5 Å². The lowest BCUT2D eigenvalue weighted by molar-refractivity contribution is -0.141. The van der Waals surface area contributed by atoms with Crippen LogP contribution in [0.1, 0.15) is 24.6 Å². The first-order chi connectivity index (χ1) is 8.02. The molecule has 1 aromatic heterocycles. The summed E-state index contributed by atoms with van der Waals surface area (Å²) in [4.78, 5) is 23.2. The number of carboxylic acid groups (broad SMARTS) is 1. The lowest BCUT2D eigenvalue weighted by Crippen LogP contribution is -2.40. The standard InChI is InChI=1S/C11H14ClNO3S/c1-2-8(11(15)16)13-10(14)6-4-7-3-5-9(12)17-7/h3,5,8H,2,4,6H2,1H3,(H,13,14)(H,15,16). The Morgan fingerprint density at radius 1 is 1.53 bits per heavy atom. The van der Waals surface area contributed by atoms with Gasteiger partial charge in [0.15, 0.2) is 0 Å². The number of thiophene rings is 1. The van der Waals surface area contributed by atoms with Gasteiger partial charge in [0.05, 0.1) is 4.34 Å². The molecule has 0 spiro atoms. The summed E-state index contributed by atoms with van der Waals surface area (Å²) in [6.45, 7) is 1.72. The van der Waals surface area contributed by atoms with Crippen molar-refractivity contribution >= 4 is 34.8 Å². The second-order valence-electron chi connectivity index (χ2n) is 3.57. The van der Waals surface area contributed by atoms with Gasteiger partial charge in [0.25, 0.3) is 0 Å². The second-order valence-corrected chi connectivity index (χ2v) is 5.37. The van der Waals surface area contributed by atoms with Crippen molar-refractivity contribution in [1.82, 2.24) is 5.32 Å². The molecule has 0 aliphatic carbocycles. The van der Waals surface area contributed by atoms with Gasteiger partial charge in [0.1, 0.15) is 6.04 Å². The van der Waals surface area contributed by atoms with E-state index < -0.39 is 12.0 Å². The highest BCUT2D eigenvalue weighted by Gasteiger charge is 2.17. The summed E-state index contributed by atoms with van der Waals surface area (Å²) in [5, 5.41) is 11.3. The molecule has 1 amide bonds. The number of halogens is 1. The van der Waals surface area contributed by atoms with Crippen molar-refractivity contribution in [3.63, 3.8) is 0 Å². The average Bonchev–Trinajstić information content (AvgIpc) is 2.68. The van der Waals surface area contributed by atoms with Crippen LogP contribution in [0.15, 0.2) is 12.1 Å². The number of aryl methyl sites for hydroxylation is 1. The Balaban J connectivity index is 2.37. The molecule has 1 unspecified atom stereocenters. The Morgan fingerprint density at radius 2 is 2.24 bits per heavy atom. The second kappa shape index (κ2) is 6.61. The maximum Gasteiger partial charge on any atom is 0.326 e. The summed E-state index contributed by atoms with van der Waals surface area (Å²) in [6, 6.07) is 2.86. The molecule has 94 valence electrons. The molecule has 6 heteroatoms. The van der Waals surface area contributed by atoms with E-state index in [1.165, 1.54) is 11.3 Å². The van der Waals surface area contributed by atoms with Gasteiger partial charge in [-0.2, -0.15) is 0 Å². The fourth-order valence-corrected chi connectivity index (χ4v) is 2.41. The molecule has 0 saturated heterocycles. The molecule has 1 heterocycles. The zero-order valence-corrected chi connectivity index (χ0v) is 11.0. The van der Waals surface area contributed by atoms with Gasteiger partial charge in [-0.3, -0.25) is 4.79 Å². The van der Waals surface area contributed by atoms with E-state index in [0.29, 0.717) is 17.2 Å². The Labute approximate surface area is 109 Å². The summed E-state index contributed by atoms with van der Waals surface area (Å²) >= 11 is 7.19. The number of amides is 1. The van der Waals surface area contributed by atoms with Crippen LogP contribution >= 0.6 is 22.9 Å². The Bertz CT molecular complexity index is 405. The normalized spacial score (nSPS) is 12.1. The average molecular weight is 276 g/mol. The minimum atomic E-state index is -1.000. The van der Waals surface area contributed by atoms with Gasteiger partial charge in [0.2, 0.25) is 5.91 Å². The minimum Gasteiger partial charge on any atom is -0.480 e. The topological polar surface area (TPSA) is 66.4 Å². The van der Waals surface area contributed by atoms with E-state index >= 15 is 0 Å². The third-order valence-electron chi connectivity index (χ3n) is 2.27. The van der Waals surface area contributed by atoms with Gasteiger partial charge in [0, 0.05) is 11.3 Å². The molecule has 0 saturated carbocycles. The summed E-state index contributed by atoms with van der Waals surface area (Å²) in [5.74, 6) is -1.25. The van der Waals surface area contributed by atoms with Crippen LogP contribution in [0, 0.1) is 0 Å². The molecule has 17 heavy (non-hydrogen) atoms. The van der Waals surface area contributed by atoms with Crippen molar-refractivity contribution < 1.29 is 14.7 Å². The van der Waals surface area contributed by atoms with Crippen molar-refractivity contribution in [3.05, 3.63) is 21.3 Å². The number of carbonyl (C=O) groups is 2. The Hall–Kier alpha value is -1.07. The number of hydrogen-bond donors (Lipinski definition) is 2. The molecule has 4 nitrogen and oxygen atoms in total. The lowest BCUT2D eigenvalue weighted by Gasteiger charge is -2.11. The molecule has 0 bridgehead atoms. The van der Waals surface area contributed by atoms with E-state index in [2.05, 4.69) is 5.32 Å². The molecule has 0 aromatic carbocycles. The molecule has 0 aliphatic rings. The maximum absolute atomic E-state index is 11.5. The first kappa shape index (κ1) is 14.0. The third kappa shape index (κ3) is 4.75. The van der Waals surface area contributed by atoms with E-state index in [1.807, 2.05) is 6.07 Å². The number of rotatable bonds is 6. The number of hydrogen-bond acceptors (Lipinski definition) is 3. The molecule has 1 rings (SSSR count). The van der Waals surface area contributed by atoms with E-state index in [-0.39, 0.29) is 12.3 Å². The van der Waals surface area contributed by atoms with E-state index in [0.717, 1.165) is 4.88 Å². The van der Waals surface area contributed by atoms with Crippen LogP contribution in [0.3, 0.4) is 0 Å². The van der Waals surface area contributed by atoms with Crippen LogP contribution in [0.2, 0.25) is 4.34 Å². The molecule has 1 aromatic rings. The van der Waals surface area contributed by atoms with Gasteiger partial charge >= 0.3 is 5.97 Å². The van der Waals surface area contributed by atoms with E-state index in [4.69, 9.17) is 16.7 Å². The first-order valence-corrected chi connectivity index (χ1v) is 6.48. The van der Waals surface area contributed by atoms with Gasteiger partial charge in [-0.15, -0.1) is 11.3 Å². The quantitative estimate of drug-likeness (QED) is 0.837. The number of aliphatic carboxylic acids is 1. The number of nitrogens with one attached hydrogen (secondary N) is 1. The van der Waals surface area contributed by atoms with Crippen LogP contribution in [-0.2, 0) is 16.0 Å². The lowest BCUT2D eigenvalue weighted by atomic mass is 10.2. The van der Waals surface area contributed by atoms with Crippen molar-refractivity contribution in [2.45, 2.75) is 32.2 Å². The van der Waals surface area contributed by atoms with Gasteiger partial charge in [-0.25, -0.2) is 4.79 Å². The van der Waals surface area contributed by atoms with Gasteiger partial charge in [-0.05, 0) is 25.0 Å². The molecule has 2 N–H and O–H groups in total. The van der Waals surface area contributed by atoms with Crippen LogP contribution in [-0.4, -0.2) is 23.0 Å². The van der Waals surface area contributed by atoms with Gasteiger partial charge < -0.3 is 10.4 Å². The van der Waals surface area contributed by atoms with Crippen molar-refractivity contribution in [3.8, 4) is 0 Å². The van der Waals surface area contributed by atoms with Crippen LogP contribution < -0.4 is 5.32 Å². The molecule has 0 fully saturated rings. The SMILES string of the molecule is CCC(NC(=O)CCc1ccc(Cl)s1)C(=O)O. The Kier molecular flexibility index (Phi) is 5.44. The molecule has 0 aliphatic heterocycles. The predicted molar refractivity (Wildman–Crippen MR) is 67.5 cm³/mol. The van der Waals surface area contributed by atoms with Crippen LogP contribution in [0.4, 0.5) is 0 Å². The summed E-state index contributed by atoms with van der Waals surface area (Å²) in [6.07, 6.45) is 1.24. The number of carboxylic acids is 1. The predicted octanol–water partition coefficient (Wildman–Crippen LogP) is 2.31. The Morgan fingerprint density at radius 3 is 2.71 bits per heavy atom. The molecule has 0 radical (unpaired) electrons. The molecular formula is C11H14ClNO3S. The van der Waals surface area contributed by atoms with E-state index in [1.54, 1.807) is 13.0 Å². The monoisotopic (exact) mass is 275 g/mol. The number of carbonyl (C=O) groups excluding carboxylic acids is 1. The molecule has 1 atom stereocenters. The van der Waals surface area contributed by atoms with Crippen LogP contribution in [0.5, 0.6) is 0 Å². The fourth-order valence-electron chi connectivity index (χ4n) is 1.33. The summed E-state index contributed by atoms with van der Waals surface area (Å²) in [7, 11) is 0. The first-order valence-electron chi connectivity index (χ1n) is 5.29. The minimum absolute atomic E-state index is 0.247. The third-order valence-corrected chi connectivity index (χ3v) is 3.56. The van der Waals surface area contributed by atoms with Crippen molar-refractivity contribution in [2.24, 2.45) is 0 Å². The highest BCUT2D eigenvalue weighted by molar-refractivity contribution is 7.16. The zero-order valence-electron chi connectivity index (χ0n) is 9.40. The summed E-state index contributed by atoms with van der Waals surface area (Å²) in [5.41, 5.74) is 0. The highest BCUT2D eigenvalue weighted by atomic mass is 35.5. The highest BCUT2D eigenvalue weighted by Crippen LogP contribution is 2.22. The smallest absolute Gasteiger partial charge is 0.326 e. The van der Waals surface area contributed by atoms with Crippen LogP contribution in [0.25, 0.3) is 0 Å². The zero-order chi connectivity index (χ0) is 12.8. The maximum atomic E-state index is 11.5.